The molecule has 2 fully saturated rings. The van der Waals surface area contributed by atoms with E-state index in [4.69, 9.17) is 9.84 Å². The highest BCUT2D eigenvalue weighted by atomic mass is 19.1. The van der Waals surface area contributed by atoms with Gasteiger partial charge in [0.1, 0.15) is 18.2 Å². The summed E-state index contributed by atoms with van der Waals surface area (Å²) in [5.41, 5.74) is 2.76. The molecular weight excluding hydrogens is 343 g/mol. The second-order valence-corrected chi connectivity index (χ2v) is 8.28. The van der Waals surface area contributed by atoms with E-state index in [0.717, 1.165) is 24.8 Å². The minimum Gasteiger partial charge on any atom is -0.491 e. The second kappa shape index (κ2) is 6.75. The highest BCUT2D eigenvalue weighted by Gasteiger charge is 2.63. The number of ketones is 1. The zero-order valence-corrected chi connectivity index (χ0v) is 15.7. The monoisotopic (exact) mass is 368 g/mol. The van der Waals surface area contributed by atoms with Crippen LogP contribution in [0.15, 0.2) is 42.5 Å². The Kier molecular flexibility index (Phi) is 4.55. The van der Waals surface area contributed by atoms with Crippen LogP contribution in [0.25, 0.3) is 11.1 Å². The Morgan fingerprint density at radius 3 is 2.52 bits per heavy atom. The van der Waals surface area contributed by atoms with Crippen molar-refractivity contribution in [3.05, 3.63) is 53.8 Å². The molecule has 0 saturated heterocycles. The summed E-state index contributed by atoms with van der Waals surface area (Å²) in [4.78, 5) is 11.7. The summed E-state index contributed by atoms with van der Waals surface area (Å²) in [7, 11) is 0. The van der Waals surface area contributed by atoms with Gasteiger partial charge in [-0.1, -0.05) is 24.3 Å². The number of ether oxygens (including phenoxy) is 1. The molecule has 4 heteroatoms. The van der Waals surface area contributed by atoms with Gasteiger partial charge in [0.25, 0.3) is 0 Å². The molecule has 0 aliphatic heterocycles. The maximum atomic E-state index is 14.3. The van der Waals surface area contributed by atoms with E-state index in [9.17, 15) is 9.18 Å². The first-order valence-electron chi connectivity index (χ1n) is 9.62. The number of hydrogen-bond acceptors (Lipinski definition) is 3. The largest absolute Gasteiger partial charge is 0.491 e. The fourth-order valence-electron chi connectivity index (χ4n) is 4.53. The lowest BCUT2D eigenvalue weighted by Crippen LogP contribution is -2.27. The maximum Gasteiger partial charge on any atom is 0.161 e. The number of carbonyl (C=O) groups is 1. The van der Waals surface area contributed by atoms with Crippen molar-refractivity contribution in [1.29, 1.82) is 0 Å². The molecule has 2 aliphatic rings. The van der Waals surface area contributed by atoms with Gasteiger partial charge >= 0.3 is 0 Å². The van der Waals surface area contributed by atoms with Gasteiger partial charge in [-0.05, 0) is 73.8 Å². The molecular formula is C23H25FO3. The summed E-state index contributed by atoms with van der Waals surface area (Å²) < 4.78 is 20.0. The Morgan fingerprint density at radius 1 is 1.19 bits per heavy atom. The van der Waals surface area contributed by atoms with E-state index < -0.39 is 0 Å². The van der Waals surface area contributed by atoms with Gasteiger partial charge in [0.15, 0.2) is 5.78 Å². The molecule has 1 spiro atoms. The third kappa shape index (κ3) is 3.39. The third-order valence-electron chi connectivity index (χ3n) is 6.04. The quantitative estimate of drug-likeness (QED) is 0.802. The van der Waals surface area contributed by atoms with Crippen molar-refractivity contribution < 1.29 is 19.0 Å². The van der Waals surface area contributed by atoms with E-state index in [2.05, 4.69) is 12.1 Å². The number of halogens is 1. The lowest BCUT2D eigenvalue weighted by molar-refractivity contribution is -0.124. The molecule has 3 nitrogen and oxygen atoms in total. The topological polar surface area (TPSA) is 46.5 Å². The molecule has 1 N–H and O–H groups in total. The fourth-order valence-corrected chi connectivity index (χ4v) is 4.53. The molecule has 0 heterocycles. The molecule has 2 aromatic rings. The first-order valence-corrected chi connectivity index (χ1v) is 9.62. The number of hydrogen-bond donors (Lipinski definition) is 1. The predicted molar refractivity (Wildman–Crippen MR) is 102 cm³/mol. The molecule has 0 radical (unpaired) electrons. The van der Waals surface area contributed by atoms with E-state index in [0.29, 0.717) is 17.2 Å². The van der Waals surface area contributed by atoms with Crippen molar-refractivity contribution in [2.75, 3.05) is 6.61 Å². The zero-order chi connectivity index (χ0) is 19.2. The summed E-state index contributed by atoms with van der Waals surface area (Å²) in [5, 5.41) is 9.02. The Labute approximate surface area is 159 Å². The highest BCUT2D eigenvalue weighted by molar-refractivity contribution is 5.86. The predicted octanol–water partition coefficient (Wildman–Crippen LogP) is 4.73. The SMILES string of the molecule is CC(C)Oc1ccc(F)c(-c2ccc(C3CC4(C3)CC4C(=O)CO)cc2)c1. The van der Waals surface area contributed by atoms with E-state index in [-0.39, 0.29) is 35.6 Å². The number of aliphatic hydroxyl groups excluding tert-OH is 1. The summed E-state index contributed by atoms with van der Waals surface area (Å²) in [5.74, 6) is 0.916. The average molecular weight is 368 g/mol. The first-order chi connectivity index (χ1) is 12.9. The third-order valence-corrected chi connectivity index (χ3v) is 6.04. The van der Waals surface area contributed by atoms with Crippen molar-refractivity contribution in [2.45, 2.75) is 45.1 Å². The highest BCUT2D eigenvalue weighted by Crippen LogP contribution is 2.70. The van der Waals surface area contributed by atoms with Gasteiger partial charge in [0, 0.05) is 11.5 Å². The normalized spacial score (nSPS) is 26.1. The molecule has 4 rings (SSSR count). The number of Topliss-reactive ketones (excluding diaryl/α,β-unsaturated/α-hetero) is 1. The molecule has 0 amide bonds. The van der Waals surface area contributed by atoms with Gasteiger partial charge < -0.3 is 9.84 Å². The van der Waals surface area contributed by atoms with Crippen LogP contribution in [0, 0.1) is 17.2 Å². The first kappa shape index (κ1) is 18.2. The van der Waals surface area contributed by atoms with Gasteiger partial charge in [0.05, 0.1) is 6.10 Å². The van der Waals surface area contributed by atoms with Crippen LogP contribution < -0.4 is 4.74 Å². The smallest absolute Gasteiger partial charge is 0.161 e. The van der Waals surface area contributed by atoms with E-state index >= 15 is 0 Å². The number of rotatable bonds is 6. The van der Waals surface area contributed by atoms with Crippen molar-refractivity contribution in [3.8, 4) is 16.9 Å². The van der Waals surface area contributed by atoms with E-state index in [1.165, 1.54) is 11.6 Å². The van der Waals surface area contributed by atoms with Crippen LogP contribution in [0.5, 0.6) is 5.75 Å². The molecule has 27 heavy (non-hydrogen) atoms. The van der Waals surface area contributed by atoms with Crippen molar-refractivity contribution in [2.24, 2.45) is 11.3 Å². The Hall–Kier alpha value is -2.20. The molecule has 142 valence electrons. The van der Waals surface area contributed by atoms with Crippen LogP contribution >= 0.6 is 0 Å². The standard InChI is InChI=1S/C23H25FO3/c1-14(2)27-18-7-8-21(24)19(9-18)16-5-3-15(4-6-16)17-10-23(11-17)12-20(23)22(26)13-25/h3-9,14,17,20,25H,10-13H2,1-2H3. The Balaban J connectivity index is 1.46. The summed E-state index contributed by atoms with van der Waals surface area (Å²) in [6, 6.07) is 12.9. The maximum absolute atomic E-state index is 14.3. The fraction of sp³-hybridized carbons (Fsp3) is 0.435. The Morgan fingerprint density at radius 2 is 1.89 bits per heavy atom. The summed E-state index contributed by atoms with van der Waals surface area (Å²) >= 11 is 0. The van der Waals surface area contributed by atoms with Crippen molar-refractivity contribution in [3.63, 3.8) is 0 Å². The molecule has 2 aromatic carbocycles. The van der Waals surface area contributed by atoms with Gasteiger partial charge in [-0.25, -0.2) is 4.39 Å². The van der Waals surface area contributed by atoms with Gasteiger partial charge in [0.2, 0.25) is 0 Å². The number of aliphatic hydroxyl groups is 1. The lowest BCUT2D eigenvalue weighted by atomic mass is 9.67. The van der Waals surface area contributed by atoms with Crippen LogP contribution in [-0.2, 0) is 4.79 Å². The molecule has 2 saturated carbocycles. The Bertz CT molecular complexity index is 850. The molecule has 1 atom stereocenters. The number of carbonyl (C=O) groups excluding carboxylic acids is 1. The minimum absolute atomic E-state index is 0.0113. The van der Waals surface area contributed by atoms with Gasteiger partial charge in [-0.2, -0.15) is 0 Å². The van der Waals surface area contributed by atoms with Crippen LogP contribution in [0.1, 0.15) is 44.6 Å². The average Bonchev–Trinajstić information content (AvgIpc) is 3.37. The summed E-state index contributed by atoms with van der Waals surface area (Å²) in [6.45, 7) is 3.56. The molecule has 1 unspecified atom stereocenters. The molecule has 2 aliphatic carbocycles. The van der Waals surface area contributed by atoms with Gasteiger partial charge in [-0.15, -0.1) is 0 Å². The number of benzene rings is 2. The van der Waals surface area contributed by atoms with Crippen LogP contribution in [0.2, 0.25) is 0 Å². The lowest BCUT2D eigenvalue weighted by Gasteiger charge is -2.37. The van der Waals surface area contributed by atoms with Crippen molar-refractivity contribution in [1.82, 2.24) is 0 Å². The van der Waals surface area contributed by atoms with E-state index in [1.807, 2.05) is 26.0 Å². The van der Waals surface area contributed by atoms with Crippen LogP contribution in [0.4, 0.5) is 4.39 Å². The van der Waals surface area contributed by atoms with Crippen molar-refractivity contribution >= 4 is 5.78 Å². The van der Waals surface area contributed by atoms with Crippen LogP contribution in [-0.4, -0.2) is 23.6 Å². The minimum atomic E-state index is -0.336. The zero-order valence-electron chi connectivity index (χ0n) is 15.7. The molecule has 0 bridgehead atoms. The second-order valence-electron chi connectivity index (χ2n) is 8.28. The van der Waals surface area contributed by atoms with Gasteiger partial charge in [-0.3, -0.25) is 4.79 Å². The summed E-state index contributed by atoms with van der Waals surface area (Å²) in [6.07, 6.45) is 2.99. The van der Waals surface area contributed by atoms with E-state index in [1.54, 1.807) is 12.1 Å². The molecule has 0 aromatic heterocycles. The van der Waals surface area contributed by atoms with Crippen LogP contribution in [0.3, 0.4) is 0 Å².